The van der Waals surface area contributed by atoms with E-state index in [1.165, 1.54) is 11.7 Å². The number of hydrogen-bond donors (Lipinski definition) is 3. The molecule has 11 heteroatoms. The number of aromatic nitrogens is 1. The first-order chi connectivity index (χ1) is 20.6. The van der Waals surface area contributed by atoms with Crippen LogP contribution < -0.4 is 20.7 Å². The SMILES string of the molecule is CNC(=O)c1ccc(NCC#Cc2cc3c(N[C@H]4CC[C@H](N(C)CCOC)CC4)cccc3n2CC(F)(F)F)c(OC)c1. The molecule has 43 heavy (non-hydrogen) atoms. The van der Waals surface area contributed by atoms with Crippen molar-refractivity contribution in [2.24, 2.45) is 0 Å². The number of methoxy groups -OCH3 is 2. The Bertz CT molecular complexity index is 1450. The van der Waals surface area contributed by atoms with E-state index in [0.29, 0.717) is 35.2 Å². The van der Waals surface area contributed by atoms with Gasteiger partial charge in [0.15, 0.2) is 0 Å². The lowest BCUT2D eigenvalue weighted by atomic mass is 9.90. The van der Waals surface area contributed by atoms with Crippen LogP contribution in [-0.4, -0.2) is 81.6 Å². The molecule has 1 heterocycles. The summed E-state index contributed by atoms with van der Waals surface area (Å²) in [6.45, 7) is 0.622. The third-order valence-electron chi connectivity index (χ3n) is 7.89. The van der Waals surface area contributed by atoms with E-state index >= 15 is 0 Å². The first-order valence-corrected chi connectivity index (χ1v) is 14.4. The number of rotatable bonds is 11. The smallest absolute Gasteiger partial charge is 0.406 e. The van der Waals surface area contributed by atoms with Crippen molar-refractivity contribution in [1.29, 1.82) is 0 Å². The number of carbonyl (C=O) groups is 1. The van der Waals surface area contributed by atoms with Crippen LogP contribution >= 0.6 is 0 Å². The largest absolute Gasteiger partial charge is 0.495 e. The highest BCUT2D eigenvalue weighted by molar-refractivity contribution is 5.95. The summed E-state index contributed by atoms with van der Waals surface area (Å²) >= 11 is 0. The van der Waals surface area contributed by atoms with E-state index in [9.17, 15) is 18.0 Å². The van der Waals surface area contributed by atoms with Gasteiger partial charge in [-0.1, -0.05) is 12.0 Å². The van der Waals surface area contributed by atoms with E-state index in [0.717, 1.165) is 43.3 Å². The molecule has 1 aromatic heterocycles. The molecule has 4 rings (SSSR count). The quantitative estimate of drug-likeness (QED) is 0.259. The van der Waals surface area contributed by atoms with Crippen LogP contribution in [0.15, 0.2) is 42.5 Å². The second-order valence-corrected chi connectivity index (χ2v) is 10.7. The second kappa shape index (κ2) is 14.5. The predicted octanol–water partition coefficient (Wildman–Crippen LogP) is 5.34. The van der Waals surface area contributed by atoms with Crippen molar-refractivity contribution < 1.29 is 27.4 Å². The van der Waals surface area contributed by atoms with E-state index in [4.69, 9.17) is 9.47 Å². The molecule has 0 aliphatic heterocycles. The normalized spacial score (nSPS) is 16.9. The molecule has 0 unspecified atom stereocenters. The summed E-state index contributed by atoms with van der Waals surface area (Å²) in [7, 11) is 6.87. The third-order valence-corrected chi connectivity index (χ3v) is 7.89. The number of alkyl halides is 3. The van der Waals surface area contributed by atoms with Crippen LogP contribution in [0, 0.1) is 11.8 Å². The van der Waals surface area contributed by atoms with Crippen LogP contribution in [0.25, 0.3) is 10.9 Å². The van der Waals surface area contributed by atoms with Gasteiger partial charge in [0.25, 0.3) is 5.91 Å². The Labute approximate surface area is 250 Å². The van der Waals surface area contributed by atoms with Crippen LogP contribution in [0.3, 0.4) is 0 Å². The molecule has 3 N–H and O–H groups in total. The van der Waals surface area contributed by atoms with Crippen LogP contribution in [0.4, 0.5) is 24.5 Å². The summed E-state index contributed by atoms with van der Waals surface area (Å²) in [5, 5.41) is 10.0. The van der Waals surface area contributed by atoms with Crippen molar-refractivity contribution in [3.8, 4) is 17.6 Å². The van der Waals surface area contributed by atoms with Crippen molar-refractivity contribution in [2.75, 3.05) is 58.6 Å². The molecule has 1 fully saturated rings. The minimum atomic E-state index is -4.41. The number of likely N-dealkylation sites (N-methyl/N-ethyl adjacent to an activating group) is 1. The zero-order valence-corrected chi connectivity index (χ0v) is 25.1. The predicted molar refractivity (Wildman–Crippen MR) is 164 cm³/mol. The van der Waals surface area contributed by atoms with Gasteiger partial charge in [-0.3, -0.25) is 4.79 Å². The molecule has 0 radical (unpaired) electrons. The standard InChI is InChI=1S/C32H40F3N5O3/c1-36-31(41)22-10-15-28(30(19-22)43-4)37-16-6-7-25-20-26-27(8-5-9-29(26)40(25)21-32(33,34)35)38-23-11-13-24(14-12-23)39(2)17-18-42-3/h5,8-10,15,19-20,23-24,37-38H,11-14,16-18,21H2,1-4H3,(H,36,41)/t23-,24-. The molecule has 2 aromatic carbocycles. The van der Waals surface area contributed by atoms with Gasteiger partial charge in [-0.05, 0) is 75.0 Å². The zero-order chi connectivity index (χ0) is 31.0. The van der Waals surface area contributed by atoms with Crippen LogP contribution in [-0.2, 0) is 11.3 Å². The molecule has 0 bridgehead atoms. The lowest BCUT2D eigenvalue weighted by molar-refractivity contribution is -0.140. The number of nitrogens with zero attached hydrogens (tertiary/aromatic N) is 2. The average Bonchev–Trinajstić information content (AvgIpc) is 3.34. The fourth-order valence-electron chi connectivity index (χ4n) is 5.56. The number of anilines is 2. The van der Waals surface area contributed by atoms with Gasteiger partial charge in [-0.2, -0.15) is 13.2 Å². The van der Waals surface area contributed by atoms with Gasteiger partial charge < -0.3 is 34.9 Å². The minimum Gasteiger partial charge on any atom is -0.495 e. The molecule has 3 aromatic rings. The highest BCUT2D eigenvalue weighted by atomic mass is 19.4. The summed E-state index contributed by atoms with van der Waals surface area (Å²) in [6, 6.07) is 12.9. The van der Waals surface area contributed by atoms with Crippen molar-refractivity contribution in [2.45, 2.75) is 50.5 Å². The fourth-order valence-corrected chi connectivity index (χ4v) is 5.56. The maximum absolute atomic E-state index is 13.6. The van der Waals surface area contributed by atoms with E-state index in [-0.39, 0.29) is 24.2 Å². The summed E-state index contributed by atoms with van der Waals surface area (Å²) in [5.74, 6) is 6.11. The van der Waals surface area contributed by atoms with Gasteiger partial charge >= 0.3 is 6.18 Å². The number of fused-ring (bicyclic) bond motifs is 1. The molecule has 232 valence electrons. The van der Waals surface area contributed by atoms with Gasteiger partial charge in [0.05, 0.1) is 37.2 Å². The second-order valence-electron chi connectivity index (χ2n) is 10.7. The van der Waals surface area contributed by atoms with Crippen LogP contribution in [0.2, 0.25) is 0 Å². The van der Waals surface area contributed by atoms with E-state index < -0.39 is 12.7 Å². The van der Waals surface area contributed by atoms with Crippen molar-refractivity contribution >= 4 is 28.2 Å². The molecule has 8 nitrogen and oxygen atoms in total. The summed E-state index contributed by atoms with van der Waals surface area (Å²) in [6.07, 6.45) is -0.351. The first kappa shape index (κ1) is 32.0. The fraction of sp³-hybridized carbons (Fsp3) is 0.469. The highest BCUT2D eigenvalue weighted by Gasteiger charge is 2.30. The van der Waals surface area contributed by atoms with Gasteiger partial charge in [-0.15, -0.1) is 0 Å². The molecule has 0 saturated heterocycles. The molecule has 0 atom stereocenters. The number of halogens is 3. The van der Waals surface area contributed by atoms with Crippen molar-refractivity contribution in [1.82, 2.24) is 14.8 Å². The third kappa shape index (κ3) is 8.36. The molecule has 1 aliphatic carbocycles. The van der Waals surface area contributed by atoms with Gasteiger partial charge in [0.2, 0.25) is 0 Å². The van der Waals surface area contributed by atoms with Gasteiger partial charge in [0, 0.05) is 49.4 Å². The lowest BCUT2D eigenvalue weighted by Crippen LogP contribution is -2.39. The van der Waals surface area contributed by atoms with E-state index in [1.54, 1.807) is 50.6 Å². The summed E-state index contributed by atoms with van der Waals surface area (Å²) < 4.78 is 52.7. The van der Waals surface area contributed by atoms with Crippen molar-refractivity contribution in [3.63, 3.8) is 0 Å². The Morgan fingerprint density at radius 3 is 2.53 bits per heavy atom. The lowest BCUT2D eigenvalue weighted by Gasteiger charge is -2.35. The molecular formula is C32H40F3N5O3. The molecule has 1 aliphatic rings. The molecule has 1 amide bonds. The number of carbonyl (C=O) groups excluding carboxylic acids is 1. The number of hydrogen-bond acceptors (Lipinski definition) is 6. The summed E-state index contributed by atoms with van der Waals surface area (Å²) in [4.78, 5) is 14.3. The topological polar surface area (TPSA) is 79.8 Å². The van der Waals surface area contributed by atoms with E-state index in [2.05, 4.69) is 39.7 Å². The van der Waals surface area contributed by atoms with Gasteiger partial charge in [-0.25, -0.2) is 0 Å². The monoisotopic (exact) mass is 599 g/mol. The Morgan fingerprint density at radius 2 is 1.86 bits per heavy atom. The molecule has 0 spiro atoms. The average molecular weight is 600 g/mol. The maximum Gasteiger partial charge on any atom is 0.406 e. The minimum absolute atomic E-state index is 0.163. The van der Waals surface area contributed by atoms with Crippen LogP contribution in [0.5, 0.6) is 5.75 Å². The number of ether oxygens (including phenoxy) is 2. The highest BCUT2D eigenvalue weighted by Crippen LogP contribution is 2.33. The first-order valence-electron chi connectivity index (χ1n) is 14.4. The van der Waals surface area contributed by atoms with Gasteiger partial charge in [0.1, 0.15) is 12.3 Å². The Kier molecular flexibility index (Phi) is 10.8. The zero-order valence-electron chi connectivity index (χ0n) is 25.1. The summed E-state index contributed by atoms with van der Waals surface area (Å²) in [5.41, 5.74) is 2.65. The van der Waals surface area contributed by atoms with Crippen LogP contribution in [0.1, 0.15) is 41.7 Å². The number of nitrogens with one attached hydrogen (secondary N) is 3. The van der Waals surface area contributed by atoms with E-state index in [1.807, 2.05) is 6.07 Å². The Hall–Kier alpha value is -3.88. The number of benzene rings is 2. The Morgan fingerprint density at radius 1 is 1.09 bits per heavy atom. The molecule has 1 saturated carbocycles. The number of amides is 1. The van der Waals surface area contributed by atoms with Crippen molar-refractivity contribution in [3.05, 3.63) is 53.7 Å². The molecular weight excluding hydrogens is 559 g/mol. The maximum atomic E-state index is 13.6. The Balaban J connectivity index is 1.51.